The van der Waals surface area contributed by atoms with Gasteiger partial charge in [0.1, 0.15) is 30.8 Å². The van der Waals surface area contributed by atoms with E-state index in [4.69, 9.17) is 26.7 Å². The molecule has 8 N–H and O–H groups in total. The minimum absolute atomic E-state index is 0.0191. The largest absolute Gasteiger partial charge is 0.492 e. The zero-order chi connectivity index (χ0) is 44.5. The average molecular weight is 838 g/mol. The fourth-order valence-corrected chi connectivity index (χ4v) is 7.62. The predicted molar refractivity (Wildman–Crippen MR) is 235 cm³/mol. The highest BCUT2D eigenvalue weighted by Crippen LogP contribution is 2.40. The number of Topliss-reactive ketones (excluding diaryl/α,β-unsaturated/α-hetero) is 2. The molecular formula is C47H63N7O7. The summed E-state index contributed by atoms with van der Waals surface area (Å²) >= 11 is 0. The highest BCUT2D eigenvalue weighted by molar-refractivity contribution is 5.97. The van der Waals surface area contributed by atoms with Crippen LogP contribution in [0.15, 0.2) is 54.6 Å². The van der Waals surface area contributed by atoms with E-state index in [1.165, 1.54) is 11.9 Å². The van der Waals surface area contributed by atoms with E-state index in [-0.39, 0.29) is 76.6 Å². The van der Waals surface area contributed by atoms with E-state index in [0.29, 0.717) is 45.7 Å². The normalized spacial score (nSPS) is 17.0. The van der Waals surface area contributed by atoms with Gasteiger partial charge in [-0.15, -0.1) is 0 Å². The predicted octanol–water partition coefficient (Wildman–Crippen LogP) is 4.62. The molecule has 0 radical (unpaired) electrons. The Morgan fingerprint density at radius 1 is 0.934 bits per heavy atom. The number of carbonyl (C=O) groups excluding carboxylic acids is 5. The Kier molecular flexibility index (Phi) is 18.9. The summed E-state index contributed by atoms with van der Waals surface area (Å²) < 4.78 is 12.2. The van der Waals surface area contributed by atoms with Gasteiger partial charge in [-0.25, -0.2) is 0 Å². The lowest BCUT2D eigenvalue weighted by Gasteiger charge is -2.31. The van der Waals surface area contributed by atoms with Crippen molar-refractivity contribution in [3.05, 3.63) is 82.4 Å². The third-order valence-electron chi connectivity index (χ3n) is 10.9. The quantitative estimate of drug-likeness (QED) is 0.0986. The summed E-state index contributed by atoms with van der Waals surface area (Å²) in [6.07, 6.45) is 4.18. The van der Waals surface area contributed by atoms with Gasteiger partial charge in [0.2, 0.25) is 11.8 Å². The number of rotatable bonds is 20. The number of fused-ring (bicyclic) bond motifs is 5. The Balaban J connectivity index is 1.77. The first-order valence-electron chi connectivity index (χ1n) is 21.4. The van der Waals surface area contributed by atoms with Crippen LogP contribution in [0, 0.1) is 24.2 Å². The average Bonchev–Trinajstić information content (AvgIpc) is 3.24. The van der Waals surface area contributed by atoms with E-state index < -0.39 is 41.6 Å². The zero-order valence-corrected chi connectivity index (χ0v) is 36.1. The maximum absolute atomic E-state index is 14.6. The van der Waals surface area contributed by atoms with Crippen molar-refractivity contribution in [3.8, 4) is 28.7 Å². The smallest absolute Gasteiger partial charge is 0.251 e. The Bertz CT molecular complexity index is 2050. The second-order valence-corrected chi connectivity index (χ2v) is 15.8. The van der Waals surface area contributed by atoms with Gasteiger partial charge >= 0.3 is 0 Å². The van der Waals surface area contributed by atoms with Crippen molar-refractivity contribution in [1.29, 1.82) is 5.26 Å². The number of aryl methyl sites for hydroxylation is 2. The number of benzene rings is 3. The molecule has 0 saturated heterocycles. The molecular weight excluding hydrogens is 775 g/mol. The molecule has 0 aliphatic carbocycles. The number of nitrogens with one attached hydrogen (secondary N) is 2. The number of unbranched alkanes of at least 4 members (excludes halogenated alkanes) is 2. The fourth-order valence-electron chi connectivity index (χ4n) is 7.62. The molecule has 61 heavy (non-hydrogen) atoms. The van der Waals surface area contributed by atoms with Gasteiger partial charge < -0.3 is 42.2 Å². The molecule has 1 aliphatic rings. The van der Waals surface area contributed by atoms with Crippen LogP contribution in [0.2, 0.25) is 0 Å². The molecule has 0 unspecified atom stereocenters. The van der Waals surface area contributed by atoms with Crippen LogP contribution in [0.3, 0.4) is 0 Å². The second-order valence-electron chi connectivity index (χ2n) is 15.8. The first-order valence-corrected chi connectivity index (χ1v) is 21.4. The van der Waals surface area contributed by atoms with Crippen LogP contribution < -0.4 is 37.3 Å². The number of nitrogens with zero attached hydrogens (tertiary/aromatic N) is 2. The van der Waals surface area contributed by atoms with Crippen LogP contribution in [0.25, 0.3) is 11.1 Å². The lowest BCUT2D eigenvalue weighted by atomic mass is 9.89. The number of amides is 3. The molecule has 0 aromatic heterocycles. The number of hydrogen-bond donors (Lipinski definition) is 5. The van der Waals surface area contributed by atoms with Gasteiger partial charge in [-0.3, -0.25) is 24.0 Å². The number of nitrogens with two attached hydrogens (primary N) is 3. The van der Waals surface area contributed by atoms with Gasteiger partial charge in [0.05, 0.1) is 12.1 Å². The summed E-state index contributed by atoms with van der Waals surface area (Å²) in [5.41, 5.74) is 22.4. The minimum atomic E-state index is -1.17. The summed E-state index contributed by atoms with van der Waals surface area (Å²) in [6.45, 7) is 6.68. The maximum atomic E-state index is 14.6. The van der Waals surface area contributed by atoms with Crippen LogP contribution in [-0.2, 0) is 32.0 Å². The summed E-state index contributed by atoms with van der Waals surface area (Å²) in [6, 6.07) is 15.6. The Morgan fingerprint density at radius 2 is 1.62 bits per heavy atom. The standard InChI is InChI=1S/C47H63N7O7/c1-5-6-7-9-32-11-14-36(30(2)24-32)47(59)52-35(17-19-49)29-44(57)54(4)45-34-13-16-43(61-23-21-51)38(28-34)37-26-33(12-15-42(37)60-22-20-50)27-39(40(55)10-8-18-48)53-46(58)31(3)25-41(45)56/h11-16,24,26,28,31,35,39,45H,5-10,17,19-23,25,27,29,49-51H2,1-4H3,(H,52,59)(H,53,58)/t31-,35+,39+,45+/m1/s1. The molecule has 1 heterocycles. The Morgan fingerprint density at radius 3 is 2.26 bits per heavy atom. The topological polar surface area (TPSA) is 233 Å². The number of hydrogen-bond acceptors (Lipinski definition) is 11. The van der Waals surface area contributed by atoms with Gasteiger partial charge in [0.15, 0.2) is 11.6 Å². The number of nitriles is 1. The molecule has 4 atom stereocenters. The van der Waals surface area contributed by atoms with E-state index in [9.17, 15) is 29.2 Å². The number of ether oxygens (including phenoxy) is 2. The molecule has 4 bridgehead atoms. The van der Waals surface area contributed by atoms with Crippen molar-refractivity contribution < 1.29 is 33.4 Å². The summed E-state index contributed by atoms with van der Waals surface area (Å²) in [5, 5.41) is 15.1. The molecule has 14 nitrogen and oxygen atoms in total. The van der Waals surface area contributed by atoms with Crippen molar-refractivity contribution in [3.63, 3.8) is 0 Å². The molecule has 328 valence electrons. The van der Waals surface area contributed by atoms with Crippen molar-refractivity contribution in [1.82, 2.24) is 15.5 Å². The first kappa shape index (κ1) is 48.1. The van der Waals surface area contributed by atoms with E-state index in [1.54, 1.807) is 37.3 Å². The number of likely N-dealkylation sites (N-methyl/N-ethyl adjacent to an activating group) is 1. The van der Waals surface area contributed by atoms with Gasteiger partial charge in [-0.1, -0.05) is 51.0 Å². The third-order valence-corrected chi connectivity index (χ3v) is 10.9. The second kappa shape index (κ2) is 24.0. The molecule has 3 aromatic rings. The third kappa shape index (κ3) is 13.4. The van der Waals surface area contributed by atoms with Crippen LogP contribution in [-0.4, -0.2) is 86.2 Å². The molecule has 0 spiro atoms. The molecule has 14 heteroatoms. The van der Waals surface area contributed by atoms with Crippen LogP contribution in [0.1, 0.15) is 104 Å². The van der Waals surface area contributed by atoms with Gasteiger partial charge in [-0.05, 0) is 91.7 Å². The Hall–Kier alpha value is -5.62. The van der Waals surface area contributed by atoms with Crippen molar-refractivity contribution in [2.45, 2.75) is 103 Å². The molecule has 4 rings (SSSR count). The summed E-state index contributed by atoms with van der Waals surface area (Å²) in [5.74, 6) is -2.00. The highest BCUT2D eigenvalue weighted by Gasteiger charge is 2.34. The van der Waals surface area contributed by atoms with E-state index in [2.05, 4.69) is 17.6 Å². The summed E-state index contributed by atoms with van der Waals surface area (Å²) in [7, 11) is 1.53. The monoisotopic (exact) mass is 837 g/mol. The molecule has 0 fully saturated rings. The van der Waals surface area contributed by atoms with Gasteiger partial charge in [0.25, 0.3) is 5.91 Å². The zero-order valence-electron chi connectivity index (χ0n) is 36.1. The molecule has 0 saturated carbocycles. The van der Waals surface area contributed by atoms with Crippen LogP contribution >= 0.6 is 0 Å². The SMILES string of the molecule is CCCCCc1ccc(C(=O)N[C@@H](CCN)CC(=O)N(C)[C@@H]2C(=O)C[C@@H](C)C(=O)N[C@H](C(=O)CCC#N)Cc3ccc(OCCN)c(c3)-c3cc2ccc3OCCN)c(C)c1. The maximum Gasteiger partial charge on any atom is 0.251 e. The van der Waals surface area contributed by atoms with Gasteiger partial charge in [-0.2, -0.15) is 5.26 Å². The highest BCUT2D eigenvalue weighted by atomic mass is 16.5. The summed E-state index contributed by atoms with van der Waals surface area (Å²) in [4.78, 5) is 71.0. The lowest BCUT2D eigenvalue weighted by Crippen LogP contribution is -2.46. The molecule has 3 amide bonds. The van der Waals surface area contributed by atoms with E-state index >= 15 is 0 Å². The van der Waals surface area contributed by atoms with Crippen molar-refractivity contribution in [2.75, 3.05) is 39.9 Å². The van der Waals surface area contributed by atoms with Crippen LogP contribution in [0.5, 0.6) is 11.5 Å². The van der Waals surface area contributed by atoms with Crippen molar-refractivity contribution >= 4 is 29.3 Å². The first-order chi connectivity index (χ1) is 29.3. The minimum Gasteiger partial charge on any atom is -0.492 e. The van der Waals surface area contributed by atoms with E-state index in [0.717, 1.165) is 36.8 Å². The van der Waals surface area contributed by atoms with Gasteiger partial charge in [0, 0.05) is 74.5 Å². The van der Waals surface area contributed by atoms with Crippen molar-refractivity contribution in [2.24, 2.45) is 23.1 Å². The van der Waals surface area contributed by atoms with Crippen LogP contribution in [0.4, 0.5) is 0 Å². The number of ketones is 2. The lowest BCUT2D eigenvalue weighted by molar-refractivity contribution is -0.140. The molecule has 1 aliphatic heterocycles. The number of carbonyl (C=O) groups is 5. The molecule has 3 aromatic carbocycles. The Labute approximate surface area is 359 Å². The fraction of sp³-hybridized carbons (Fsp3) is 0.489. The van der Waals surface area contributed by atoms with E-state index in [1.807, 2.05) is 37.3 Å².